The van der Waals surface area contributed by atoms with E-state index in [0.29, 0.717) is 18.5 Å². The lowest BCUT2D eigenvalue weighted by molar-refractivity contribution is 0.492. The second kappa shape index (κ2) is 6.70. The molecule has 130 valence electrons. The van der Waals surface area contributed by atoms with Gasteiger partial charge in [0.05, 0.1) is 12.8 Å². The van der Waals surface area contributed by atoms with E-state index in [0.717, 1.165) is 36.2 Å². The molecule has 0 bridgehead atoms. The molecule has 0 N–H and O–H groups in total. The fourth-order valence-corrected chi connectivity index (χ4v) is 3.68. The van der Waals surface area contributed by atoms with Crippen molar-refractivity contribution in [3.05, 3.63) is 48.6 Å². The molecule has 0 spiro atoms. The normalized spacial score (nSPS) is 20.3. The summed E-state index contributed by atoms with van der Waals surface area (Å²) in [6, 6.07) is 10.2. The van der Waals surface area contributed by atoms with Crippen molar-refractivity contribution in [1.82, 2.24) is 19.7 Å². The highest BCUT2D eigenvalue weighted by molar-refractivity contribution is 5.53. The van der Waals surface area contributed by atoms with Crippen molar-refractivity contribution < 1.29 is 4.42 Å². The van der Waals surface area contributed by atoms with E-state index in [1.807, 2.05) is 30.3 Å². The molecule has 3 aromatic heterocycles. The van der Waals surface area contributed by atoms with Crippen molar-refractivity contribution in [2.24, 2.45) is 5.92 Å². The maximum atomic E-state index is 5.57. The van der Waals surface area contributed by atoms with Crippen LogP contribution in [0.1, 0.15) is 32.4 Å². The van der Waals surface area contributed by atoms with Gasteiger partial charge in [-0.2, -0.15) is 0 Å². The molecule has 1 saturated heterocycles. The van der Waals surface area contributed by atoms with Crippen LogP contribution in [0.2, 0.25) is 0 Å². The zero-order chi connectivity index (χ0) is 17.2. The molecule has 2 unspecified atom stereocenters. The van der Waals surface area contributed by atoms with Gasteiger partial charge in [-0.3, -0.25) is 9.55 Å². The molecule has 0 amide bonds. The van der Waals surface area contributed by atoms with E-state index in [1.54, 1.807) is 12.5 Å². The van der Waals surface area contributed by atoms with E-state index >= 15 is 0 Å². The topological polar surface area (TPSA) is 60.0 Å². The Labute approximate surface area is 147 Å². The Morgan fingerprint density at radius 3 is 2.84 bits per heavy atom. The molecular weight excluding hydrogens is 314 g/mol. The summed E-state index contributed by atoms with van der Waals surface area (Å²) in [5.41, 5.74) is 0.827. The number of rotatable bonds is 5. The maximum Gasteiger partial charge on any atom is 0.228 e. The highest BCUT2D eigenvalue weighted by Gasteiger charge is 2.32. The van der Waals surface area contributed by atoms with E-state index in [4.69, 9.17) is 4.42 Å². The first-order valence-electron chi connectivity index (χ1n) is 8.90. The summed E-state index contributed by atoms with van der Waals surface area (Å²) in [7, 11) is 0. The van der Waals surface area contributed by atoms with Crippen molar-refractivity contribution >= 4 is 5.95 Å². The monoisotopic (exact) mass is 337 g/mol. The molecule has 2 atom stereocenters. The summed E-state index contributed by atoms with van der Waals surface area (Å²) >= 11 is 0. The molecule has 25 heavy (non-hydrogen) atoms. The summed E-state index contributed by atoms with van der Waals surface area (Å²) in [6.07, 6.45) is 5.79. The summed E-state index contributed by atoms with van der Waals surface area (Å²) in [5, 5.41) is 9.02. The second-order valence-electron chi connectivity index (χ2n) is 6.76. The van der Waals surface area contributed by atoms with Crippen LogP contribution in [0.5, 0.6) is 0 Å². The Morgan fingerprint density at radius 2 is 2.12 bits per heavy atom. The van der Waals surface area contributed by atoms with Crippen LogP contribution in [0.4, 0.5) is 5.95 Å². The number of aromatic nitrogens is 4. The van der Waals surface area contributed by atoms with Crippen LogP contribution in [0, 0.1) is 5.92 Å². The van der Waals surface area contributed by atoms with Gasteiger partial charge in [0.2, 0.25) is 5.95 Å². The zero-order valence-electron chi connectivity index (χ0n) is 14.7. The number of nitrogens with zero attached hydrogens (tertiary/aromatic N) is 5. The van der Waals surface area contributed by atoms with Crippen LogP contribution in [-0.2, 0) is 6.54 Å². The first kappa shape index (κ1) is 15.9. The molecule has 6 heteroatoms. The Hall–Kier alpha value is -2.63. The molecule has 4 rings (SSSR count). The van der Waals surface area contributed by atoms with Crippen molar-refractivity contribution in [3.63, 3.8) is 0 Å². The Bertz CT molecular complexity index is 812. The summed E-state index contributed by atoms with van der Waals surface area (Å²) in [4.78, 5) is 6.86. The van der Waals surface area contributed by atoms with Gasteiger partial charge in [0.1, 0.15) is 11.5 Å². The standard InChI is InChI=1S/C19H23N5O/c1-3-15-11-14(2)12-23(15)19-22-21-18(17-8-4-5-9-20-17)24(19)13-16-7-6-10-25-16/h4-10,14-15H,3,11-13H2,1-2H3. The molecule has 3 aromatic rings. The van der Waals surface area contributed by atoms with E-state index in [2.05, 4.69) is 38.5 Å². The average molecular weight is 337 g/mol. The number of anilines is 1. The molecule has 0 aromatic carbocycles. The first-order valence-corrected chi connectivity index (χ1v) is 8.90. The minimum atomic E-state index is 0.506. The van der Waals surface area contributed by atoms with Crippen LogP contribution < -0.4 is 4.90 Å². The quantitative estimate of drug-likeness (QED) is 0.712. The SMILES string of the molecule is CCC1CC(C)CN1c1nnc(-c2ccccn2)n1Cc1ccco1. The van der Waals surface area contributed by atoms with E-state index < -0.39 is 0 Å². The number of hydrogen-bond donors (Lipinski definition) is 0. The third kappa shape index (κ3) is 3.04. The zero-order valence-corrected chi connectivity index (χ0v) is 14.7. The minimum Gasteiger partial charge on any atom is -0.467 e. The van der Waals surface area contributed by atoms with Gasteiger partial charge in [-0.25, -0.2) is 0 Å². The third-order valence-electron chi connectivity index (χ3n) is 4.87. The highest BCUT2D eigenvalue weighted by atomic mass is 16.3. The molecular formula is C19H23N5O. The molecule has 6 nitrogen and oxygen atoms in total. The average Bonchev–Trinajstić information content (AvgIpc) is 3.36. The van der Waals surface area contributed by atoms with Crippen molar-refractivity contribution in [2.45, 2.75) is 39.3 Å². The highest BCUT2D eigenvalue weighted by Crippen LogP contribution is 2.32. The molecule has 0 aliphatic carbocycles. The third-order valence-corrected chi connectivity index (χ3v) is 4.87. The van der Waals surface area contributed by atoms with Gasteiger partial charge in [0.15, 0.2) is 5.82 Å². The summed E-state index contributed by atoms with van der Waals surface area (Å²) < 4.78 is 7.70. The van der Waals surface area contributed by atoms with Crippen LogP contribution in [0.15, 0.2) is 47.2 Å². The van der Waals surface area contributed by atoms with Gasteiger partial charge >= 0.3 is 0 Å². The molecule has 1 aliphatic rings. The fourth-order valence-electron chi connectivity index (χ4n) is 3.68. The van der Waals surface area contributed by atoms with E-state index in [1.165, 1.54) is 6.42 Å². The van der Waals surface area contributed by atoms with Gasteiger partial charge in [0.25, 0.3) is 0 Å². The lowest BCUT2D eigenvalue weighted by Crippen LogP contribution is -2.31. The number of furan rings is 1. The van der Waals surface area contributed by atoms with Gasteiger partial charge in [-0.15, -0.1) is 10.2 Å². The Kier molecular flexibility index (Phi) is 4.26. The van der Waals surface area contributed by atoms with Crippen LogP contribution >= 0.6 is 0 Å². The van der Waals surface area contributed by atoms with E-state index in [-0.39, 0.29) is 0 Å². The van der Waals surface area contributed by atoms with E-state index in [9.17, 15) is 0 Å². The minimum absolute atomic E-state index is 0.506. The second-order valence-corrected chi connectivity index (χ2v) is 6.76. The summed E-state index contributed by atoms with van der Waals surface area (Å²) in [5.74, 6) is 3.24. The molecule has 0 saturated carbocycles. The van der Waals surface area contributed by atoms with Crippen LogP contribution in [0.25, 0.3) is 11.5 Å². The number of pyridine rings is 1. The maximum absolute atomic E-state index is 5.57. The smallest absolute Gasteiger partial charge is 0.228 e. The Balaban J connectivity index is 1.77. The van der Waals surface area contributed by atoms with Crippen molar-refractivity contribution in [2.75, 3.05) is 11.4 Å². The fraction of sp³-hybridized carbons (Fsp3) is 0.421. The lowest BCUT2D eigenvalue weighted by atomic mass is 10.1. The van der Waals surface area contributed by atoms with Gasteiger partial charge < -0.3 is 9.32 Å². The largest absolute Gasteiger partial charge is 0.467 e. The van der Waals surface area contributed by atoms with Crippen molar-refractivity contribution in [3.8, 4) is 11.5 Å². The van der Waals surface area contributed by atoms with Gasteiger partial charge in [-0.1, -0.05) is 19.9 Å². The van der Waals surface area contributed by atoms with Crippen LogP contribution in [-0.4, -0.2) is 32.3 Å². The predicted molar refractivity (Wildman–Crippen MR) is 96.3 cm³/mol. The first-order chi connectivity index (χ1) is 12.3. The van der Waals surface area contributed by atoms with Crippen LogP contribution in [0.3, 0.4) is 0 Å². The molecule has 0 radical (unpaired) electrons. The molecule has 1 aliphatic heterocycles. The molecule has 1 fully saturated rings. The summed E-state index contributed by atoms with van der Waals surface area (Å²) in [6.45, 7) is 6.15. The lowest BCUT2D eigenvalue weighted by Gasteiger charge is -2.25. The Morgan fingerprint density at radius 1 is 1.20 bits per heavy atom. The van der Waals surface area contributed by atoms with Gasteiger partial charge in [-0.05, 0) is 43.0 Å². The van der Waals surface area contributed by atoms with Gasteiger partial charge in [0, 0.05) is 18.8 Å². The number of hydrogen-bond acceptors (Lipinski definition) is 5. The van der Waals surface area contributed by atoms with Crippen molar-refractivity contribution in [1.29, 1.82) is 0 Å². The molecule has 4 heterocycles. The predicted octanol–water partition coefficient (Wildman–Crippen LogP) is 3.61.